The molecule has 0 unspecified atom stereocenters. The summed E-state index contributed by atoms with van der Waals surface area (Å²) in [6.07, 6.45) is 1.36. The average molecular weight is 456 g/mol. The zero-order valence-corrected chi connectivity index (χ0v) is 17.7. The van der Waals surface area contributed by atoms with Crippen molar-refractivity contribution in [1.29, 1.82) is 0 Å². The van der Waals surface area contributed by atoms with Crippen molar-refractivity contribution in [3.8, 4) is 5.75 Å². The number of nitro groups is 1. The van der Waals surface area contributed by atoms with Crippen LogP contribution in [-0.4, -0.2) is 55.3 Å². The van der Waals surface area contributed by atoms with Crippen molar-refractivity contribution >= 4 is 38.4 Å². The van der Waals surface area contributed by atoms with Crippen LogP contribution in [0.1, 0.15) is 5.56 Å². The molecule has 166 valence electrons. The van der Waals surface area contributed by atoms with Crippen molar-refractivity contribution in [1.82, 2.24) is 4.31 Å². The number of nitro benzene ring substituents is 1. The molecule has 0 aromatic heterocycles. The van der Waals surface area contributed by atoms with Crippen LogP contribution in [0.4, 0.5) is 11.4 Å². The van der Waals surface area contributed by atoms with Crippen LogP contribution in [0.3, 0.4) is 0 Å². The van der Waals surface area contributed by atoms with E-state index in [1.165, 1.54) is 28.7 Å². The third-order valence-corrected chi connectivity index (χ3v) is 6.99. The molecule has 3 aromatic rings. The van der Waals surface area contributed by atoms with E-state index in [1.807, 2.05) is 24.3 Å². The Bertz CT molecular complexity index is 1300. The number of hydrogen-bond donors (Lipinski definition) is 2. The Hall–Kier alpha value is -3.54. The molecule has 0 aliphatic carbocycles. The second kappa shape index (κ2) is 8.91. The van der Waals surface area contributed by atoms with E-state index in [1.54, 1.807) is 6.07 Å². The third kappa shape index (κ3) is 4.26. The number of anilines is 1. The summed E-state index contributed by atoms with van der Waals surface area (Å²) in [6, 6.07) is 14.3. The highest BCUT2D eigenvalue weighted by atomic mass is 32.2. The van der Waals surface area contributed by atoms with Gasteiger partial charge in [-0.3, -0.25) is 15.5 Å². The summed E-state index contributed by atoms with van der Waals surface area (Å²) >= 11 is 0. The zero-order valence-electron chi connectivity index (χ0n) is 16.8. The third-order valence-electron chi connectivity index (χ3n) is 5.10. The second-order valence-corrected chi connectivity index (χ2v) is 8.98. The van der Waals surface area contributed by atoms with Crippen molar-refractivity contribution in [2.45, 2.75) is 4.90 Å². The van der Waals surface area contributed by atoms with Crippen LogP contribution in [0.25, 0.3) is 10.8 Å². The lowest BCUT2D eigenvalue weighted by Crippen LogP contribution is -2.40. The van der Waals surface area contributed by atoms with Crippen molar-refractivity contribution in [3.63, 3.8) is 0 Å². The molecule has 32 heavy (non-hydrogen) atoms. The Labute approximate surface area is 183 Å². The molecule has 11 heteroatoms. The van der Waals surface area contributed by atoms with Gasteiger partial charge >= 0.3 is 0 Å². The van der Waals surface area contributed by atoms with Gasteiger partial charge in [0.05, 0.1) is 29.2 Å². The van der Waals surface area contributed by atoms with Crippen molar-refractivity contribution < 1.29 is 23.2 Å². The topological polar surface area (TPSA) is 134 Å². The Kier molecular flexibility index (Phi) is 6.04. The summed E-state index contributed by atoms with van der Waals surface area (Å²) < 4.78 is 32.0. The Morgan fingerprint density at radius 3 is 2.62 bits per heavy atom. The largest absolute Gasteiger partial charge is 0.507 e. The number of hydrazone groups is 1. The van der Waals surface area contributed by atoms with Gasteiger partial charge in [0.2, 0.25) is 10.0 Å². The first-order valence-corrected chi connectivity index (χ1v) is 11.2. The quantitative estimate of drug-likeness (QED) is 0.331. The molecule has 0 amide bonds. The molecule has 0 spiro atoms. The molecule has 0 saturated carbocycles. The number of aromatic hydroxyl groups is 1. The lowest BCUT2D eigenvalue weighted by atomic mass is 10.0. The molecular weight excluding hydrogens is 436 g/mol. The highest BCUT2D eigenvalue weighted by Gasteiger charge is 2.28. The van der Waals surface area contributed by atoms with E-state index in [0.29, 0.717) is 5.56 Å². The number of nitrogens with zero attached hydrogens (tertiary/aromatic N) is 3. The first kappa shape index (κ1) is 21.7. The normalized spacial score (nSPS) is 15.2. The first-order chi connectivity index (χ1) is 15.4. The Morgan fingerprint density at radius 2 is 1.88 bits per heavy atom. The van der Waals surface area contributed by atoms with Crippen LogP contribution in [0.2, 0.25) is 0 Å². The Balaban J connectivity index is 1.62. The van der Waals surface area contributed by atoms with Crippen LogP contribution in [0.15, 0.2) is 64.6 Å². The van der Waals surface area contributed by atoms with Crippen LogP contribution >= 0.6 is 0 Å². The molecule has 3 aromatic carbocycles. The maximum atomic E-state index is 12.8. The SMILES string of the molecule is O=[N+]([O-])c1cc(S(=O)(=O)N2CCOCC2)ccc1N/N=C/c1c(O)ccc2ccccc12. The van der Waals surface area contributed by atoms with Gasteiger partial charge in [0.25, 0.3) is 5.69 Å². The van der Waals surface area contributed by atoms with Gasteiger partial charge < -0.3 is 9.84 Å². The predicted molar refractivity (Wildman–Crippen MR) is 120 cm³/mol. The lowest BCUT2D eigenvalue weighted by molar-refractivity contribution is -0.384. The van der Waals surface area contributed by atoms with Crippen LogP contribution in [-0.2, 0) is 14.8 Å². The number of hydrogen-bond acceptors (Lipinski definition) is 8. The molecule has 4 rings (SSSR count). The van der Waals surface area contributed by atoms with E-state index in [0.717, 1.165) is 16.8 Å². The fraction of sp³-hybridized carbons (Fsp3) is 0.190. The molecule has 10 nitrogen and oxygen atoms in total. The molecule has 2 N–H and O–H groups in total. The standard InChI is InChI=1S/C21H20N4O6S/c26-21-8-5-15-3-1-2-4-17(15)18(21)14-22-23-19-7-6-16(13-20(19)25(27)28)32(29,30)24-9-11-31-12-10-24/h1-8,13-14,23,26H,9-12H2/b22-14+. The fourth-order valence-corrected chi connectivity index (χ4v) is 4.87. The van der Waals surface area contributed by atoms with Gasteiger partial charge in [0, 0.05) is 24.7 Å². The minimum absolute atomic E-state index is 0.00991. The van der Waals surface area contributed by atoms with Gasteiger partial charge in [-0.2, -0.15) is 9.41 Å². The van der Waals surface area contributed by atoms with Crippen LogP contribution < -0.4 is 5.43 Å². The molecule has 0 atom stereocenters. The second-order valence-electron chi connectivity index (χ2n) is 7.04. The highest BCUT2D eigenvalue weighted by Crippen LogP contribution is 2.30. The van der Waals surface area contributed by atoms with Gasteiger partial charge in [0.1, 0.15) is 11.4 Å². The molecule has 1 heterocycles. The minimum atomic E-state index is -3.88. The summed E-state index contributed by atoms with van der Waals surface area (Å²) in [5.74, 6) is 0.00991. The molecule has 0 radical (unpaired) electrons. The number of morpholine rings is 1. The van der Waals surface area contributed by atoms with Crippen molar-refractivity contribution in [3.05, 3.63) is 70.3 Å². The average Bonchev–Trinajstić information content (AvgIpc) is 2.81. The molecule has 1 aliphatic heterocycles. The molecular formula is C21H20N4O6S. The smallest absolute Gasteiger partial charge is 0.295 e. The van der Waals surface area contributed by atoms with Gasteiger partial charge in [-0.25, -0.2) is 8.42 Å². The lowest BCUT2D eigenvalue weighted by Gasteiger charge is -2.26. The molecule has 0 bridgehead atoms. The van der Waals surface area contributed by atoms with Crippen LogP contribution in [0.5, 0.6) is 5.75 Å². The predicted octanol–water partition coefficient (Wildman–Crippen LogP) is 2.92. The van der Waals surface area contributed by atoms with Gasteiger partial charge in [-0.05, 0) is 29.0 Å². The molecule has 1 saturated heterocycles. The van der Waals surface area contributed by atoms with E-state index < -0.39 is 20.6 Å². The summed E-state index contributed by atoms with van der Waals surface area (Å²) in [4.78, 5) is 10.7. The number of ether oxygens (including phenoxy) is 1. The summed E-state index contributed by atoms with van der Waals surface area (Å²) in [5, 5.41) is 27.5. The van der Waals surface area contributed by atoms with Gasteiger partial charge in [0.15, 0.2) is 0 Å². The Morgan fingerprint density at radius 1 is 1.12 bits per heavy atom. The first-order valence-electron chi connectivity index (χ1n) is 9.74. The fourth-order valence-electron chi connectivity index (χ4n) is 3.44. The number of nitrogens with one attached hydrogen (secondary N) is 1. The maximum Gasteiger partial charge on any atom is 0.295 e. The summed E-state index contributed by atoms with van der Waals surface area (Å²) in [6.45, 7) is 0.928. The number of phenolic OH excluding ortho intramolecular Hbond substituents is 1. The number of phenols is 1. The van der Waals surface area contributed by atoms with E-state index >= 15 is 0 Å². The minimum Gasteiger partial charge on any atom is -0.507 e. The van der Waals surface area contributed by atoms with Crippen molar-refractivity contribution in [2.75, 3.05) is 31.7 Å². The summed E-state index contributed by atoms with van der Waals surface area (Å²) in [7, 11) is -3.88. The van der Waals surface area contributed by atoms with Crippen molar-refractivity contribution in [2.24, 2.45) is 5.10 Å². The zero-order chi connectivity index (χ0) is 22.7. The van der Waals surface area contributed by atoms with Gasteiger partial charge in [-0.1, -0.05) is 30.3 Å². The van der Waals surface area contributed by atoms with E-state index in [9.17, 15) is 23.6 Å². The number of rotatable bonds is 6. The van der Waals surface area contributed by atoms with E-state index in [-0.39, 0.29) is 42.6 Å². The summed E-state index contributed by atoms with van der Waals surface area (Å²) in [5.41, 5.74) is 2.62. The van der Waals surface area contributed by atoms with Crippen LogP contribution in [0, 0.1) is 10.1 Å². The molecule has 1 aliphatic rings. The number of sulfonamides is 1. The van der Waals surface area contributed by atoms with Gasteiger partial charge in [-0.15, -0.1) is 0 Å². The number of fused-ring (bicyclic) bond motifs is 1. The van der Waals surface area contributed by atoms with E-state index in [4.69, 9.17) is 4.74 Å². The monoisotopic (exact) mass is 456 g/mol. The molecule has 1 fully saturated rings. The maximum absolute atomic E-state index is 12.8. The number of benzene rings is 3. The highest BCUT2D eigenvalue weighted by molar-refractivity contribution is 7.89. The van der Waals surface area contributed by atoms with E-state index in [2.05, 4.69) is 10.5 Å².